The molecule has 0 spiro atoms. The lowest BCUT2D eigenvalue weighted by Gasteiger charge is -2.36. The number of hydrogen-bond donors (Lipinski definition) is 3. The van der Waals surface area contributed by atoms with E-state index in [2.05, 4.69) is 15.6 Å². The summed E-state index contributed by atoms with van der Waals surface area (Å²) in [5.74, 6) is 0.391. The average Bonchev–Trinajstić information content (AvgIpc) is 2.79. The number of carbonyl (C=O) groups is 2. The van der Waals surface area contributed by atoms with E-state index in [1.807, 2.05) is 6.92 Å². The fourth-order valence-corrected chi connectivity index (χ4v) is 4.12. The van der Waals surface area contributed by atoms with Gasteiger partial charge in [0.2, 0.25) is 12.8 Å². The first-order valence-corrected chi connectivity index (χ1v) is 10.8. The molecule has 2 aliphatic rings. The number of aliphatic hydroxyl groups is 1. The Labute approximate surface area is 190 Å². The highest BCUT2D eigenvalue weighted by molar-refractivity contribution is 6.08. The van der Waals surface area contributed by atoms with Crippen LogP contribution in [0.2, 0.25) is 0 Å². The fraction of sp³-hybridized carbons (Fsp3) is 0.435. The normalized spacial score (nSPS) is 18.2. The Balaban J connectivity index is 1.59. The van der Waals surface area contributed by atoms with E-state index in [9.17, 15) is 19.1 Å². The molecule has 1 unspecified atom stereocenters. The van der Waals surface area contributed by atoms with Crippen molar-refractivity contribution in [1.29, 1.82) is 0 Å². The third kappa shape index (κ3) is 5.40. The minimum atomic E-state index is -1.02. The third-order valence-electron chi connectivity index (χ3n) is 5.89. The first-order chi connectivity index (χ1) is 15.9. The van der Waals surface area contributed by atoms with Crippen LogP contribution in [0.25, 0.3) is 0 Å². The number of nitrogens with one attached hydrogen (secondary N) is 2. The van der Waals surface area contributed by atoms with Crippen LogP contribution in [0, 0.1) is 6.92 Å². The average molecular weight is 458 g/mol. The molecule has 0 bridgehead atoms. The van der Waals surface area contributed by atoms with Crippen molar-refractivity contribution in [1.82, 2.24) is 10.3 Å². The largest absolute Gasteiger partial charge is 0.463 e. The molecule has 1 fully saturated rings. The Hall–Kier alpha value is -3.24. The first-order valence-electron chi connectivity index (χ1n) is 10.8. The molecule has 176 valence electrons. The highest BCUT2D eigenvalue weighted by Crippen LogP contribution is 2.33. The number of hydrogen-bond acceptors (Lipinski definition) is 6. The highest BCUT2D eigenvalue weighted by atomic mass is 19.1. The van der Waals surface area contributed by atoms with E-state index in [1.165, 1.54) is 4.90 Å². The van der Waals surface area contributed by atoms with Crippen LogP contribution in [0.4, 0.5) is 20.7 Å². The van der Waals surface area contributed by atoms with Gasteiger partial charge in [0.25, 0.3) is 0 Å². The number of pyridine rings is 1. The third-order valence-corrected chi connectivity index (χ3v) is 5.89. The summed E-state index contributed by atoms with van der Waals surface area (Å²) < 4.78 is 22.7. The van der Waals surface area contributed by atoms with Crippen molar-refractivity contribution in [2.75, 3.05) is 36.8 Å². The van der Waals surface area contributed by atoms with E-state index < -0.39 is 24.5 Å². The number of rotatable bonds is 6. The molecule has 3 heterocycles. The molecule has 9 nitrogen and oxygen atoms in total. The maximum absolute atomic E-state index is 13.3. The Kier molecular flexibility index (Phi) is 6.75. The number of urea groups is 1. The molecule has 3 N–H and O–H groups in total. The van der Waals surface area contributed by atoms with Gasteiger partial charge in [-0.3, -0.25) is 9.69 Å². The zero-order valence-electron chi connectivity index (χ0n) is 18.3. The quantitative estimate of drug-likeness (QED) is 0.614. The summed E-state index contributed by atoms with van der Waals surface area (Å²) in [6.45, 7) is 1.59. The smallest absolute Gasteiger partial charge is 0.324 e. The number of alkyl halides is 1. The Morgan fingerprint density at radius 2 is 2.09 bits per heavy atom. The first kappa shape index (κ1) is 22.9. The van der Waals surface area contributed by atoms with E-state index in [0.29, 0.717) is 48.9 Å². The number of benzene rings is 1. The van der Waals surface area contributed by atoms with Crippen LogP contribution in [0.3, 0.4) is 0 Å². The van der Waals surface area contributed by atoms with E-state index >= 15 is 0 Å². The van der Waals surface area contributed by atoms with Gasteiger partial charge in [0, 0.05) is 25.8 Å². The van der Waals surface area contributed by atoms with Crippen molar-refractivity contribution in [3.8, 4) is 5.75 Å². The maximum Gasteiger partial charge on any atom is 0.324 e. The highest BCUT2D eigenvalue weighted by Gasteiger charge is 2.36. The monoisotopic (exact) mass is 458 g/mol. The number of aryl methyl sites for hydroxylation is 1. The van der Waals surface area contributed by atoms with Crippen molar-refractivity contribution < 1.29 is 28.6 Å². The minimum Gasteiger partial charge on any atom is -0.463 e. The number of fused-ring (bicyclic) bond motifs is 1. The van der Waals surface area contributed by atoms with Crippen molar-refractivity contribution in [2.45, 2.75) is 37.8 Å². The van der Waals surface area contributed by atoms with E-state index in [0.717, 1.165) is 5.56 Å². The number of aromatic nitrogens is 1. The van der Waals surface area contributed by atoms with Gasteiger partial charge in [-0.2, -0.15) is 0 Å². The molecule has 0 radical (unpaired) electrons. The molecule has 4 rings (SSSR count). The van der Waals surface area contributed by atoms with Gasteiger partial charge in [-0.25, -0.2) is 14.2 Å². The summed E-state index contributed by atoms with van der Waals surface area (Å²) in [5, 5.41) is 16.8. The minimum absolute atomic E-state index is 0.178. The summed E-state index contributed by atoms with van der Waals surface area (Å²) in [6, 6.07) is 7.33. The number of carbonyl (C=O) groups excluding carboxylic acids is 2. The molecule has 10 heteroatoms. The topological polar surface area (TPSA) is 113 Å². The maximum atomic E-state index is 13.3. The molecule has 3 amide bonds. The molecule has 2 aliphatic heterocycles. The Bertz CT molecular complexity index is 1010. The fourth-order valence-electron chi connectivity index (χ4n) is 4.12. The van der Waals surface area contributed by atoms with Gasteiger partial charge in [-0.05, 0) is 49.1 Å². The van der Waals surface area contributed by atoms with E-state index in [1.54, 1.807) is 36.5 Å². The molecule has 2 aromatic rings. The van der Waals surface area contributed by atoms with Crippen LogP contribution >= 0.6 is 0 Å². The van der Waals surface area contributed by atoms with Crippen molar-refractivity contribution >= 4 is 23.4 Å². The second-order valence-electron chi connectivity index (χ2n) is 8.38. The molecule has 0 saturated carbocycles. The molecule has 1 aromatic heterocycles. The lowest BCUT2D eigenvalue weighted by Crippen LogP contribution is -2.50. The molecule has 1 atom stereocenters. The summed E-state index contributed by atoms with van der Waals surface area (Å²) in [5.41, 5.74) is 1.02. The van der Waals surface area contributed by atoms with Crippen LogP contribution in [-0.2, 0) is 9.53 Å². The van der Waals surface area contributed by atoms with Gasteiger partial charge in [0.1, 0.15) is 12.3 Å². The number of amides is 3. The van der Waals surface area contributed by atoms with Crippen LogP contribution in [-0.4, -0.2) is 54.2 Å². The van der Waals surface area contributed by atoms with Crippen LogP contribution in [0.1, 0.15) is 36.4 Å². The van der Waals surface area contributed by atoms with Gasteiger partial charge in [0.05, 0.1) is 17.3 Å². The van der Waals surface area contributed by atoms with Crippen molar-refractivity contribution in [2.24, 2.45) is 0 Å². The lowest BCUT2D eigenvalue weighted by molar-refractivity contribution is -0.115. The number of nitrogens with zero attached hydrogens (tertiary/aromatic N) is 2. The zero-order chi connectivity index (χ0) is 23.4. The van der Waals surface area contributed by atoms with Crippen LogP contribution < -0.4 is 20.3 Å². The van der Waals surface area contributed by atoms with Crippen LogP contribution in [0.15, 0.2) is 36.5 Å². The SMILES string of the molecule is Cc1cnc2c(c1)NC(=O)CN2C(=O)NC(CC1(O)CCOCC1)c1ccc(OCF)cc1. The predicted octanol–water partition coefficient (Wildman–Crippen LogP) is 2.84. The lowest BCUT2D eigenvalue weighted by atomic mass is 9.85. The molecule has 0 aliphatic carbocycles. The Morgan fingerprint density at radius 3 is 2.79 bits per heavy atom. The molecule has 33 heavy (non-hydrogen) atoms. The predicted molar refractivity (Wildman–Crippen MR) is 119 cm³/mol. The van der Waals surface area contributed by atoms with Gasteiger partial charge in [0.15, 0.2) is 5.82 Å². The van der Waals surface area contributed by atoms with Gasteiger partial charge in [-0.1, -0.05) is 12.1 Å². The van der Waals surface area contributed by atoms with Gasteiger partial charge in [-0.15, -0.1) is 0 Å². The molecular weight excluding hydrogens is 431 g/mol. The summed E-state index contributed by atoms with van der Waals surface area (Å²) in [6.07, 6.45) is 2.76. The second-order valence-corrected chi connectivity index (χ2v) is 8.38. The molecule has 1 aromatic carbocycles. The number of halogens is 1. The van der Waals surface area contributed by atoms with Crippen LogP contribution in [0.5, 0.6) is 5.75 Å². The van der Waals surface area contributed by atoms with Gasteiger partial charge < -0.3 is 25.2 Å². The summed E-state index contributed by atoms with van der Waals surface area (Å²) >= 11 is 0. The van der Waals surface area contributed by atoms with E-state index in [4.69, 9.17) is 9.47 Å². The Morgan fingerprint density at radius 1 is 1.36 bits per heavy atom. The summed E-state index contributed by atoms with van der Waals surface area (Å²) in [4.78, 5) is 31.1. The standard InChI is InChI=1S/C23H27FN4O5/c1-15-10-18-21(25-12-15)28(13-20(29)26-18)22(30)27-19(11-23(31)6-8-32-9-7-23)16-2-4-17(5-3-16)33-14-24/h2-5,10,12,19,31H,6-9,11,13-14H2,1H3,(H,26,29)(H,27,30). The zero-order valence-corrected chi connectivity index (χ0v) is 18.3. The number of anilines is 2. The van der Waals surface area contributed by atoms with Gasteiger partial charge >= 0.3 is 6.03 Å². The molecule has 1 saturated heterocycles. The van der Waals surface area contributed by atoms with E-state index in [-0.39, 0.29) is 18.9 Å². The van der Waals surface area contributed by atoms with Crippen molar-refractivity contribution in [3.63, 3.8) is 0 Å². The van der Waals surface area contributed by atoms with Crippen molar-refractivity contribution in [3.05, 3.63) is 47.7 Å². The number of ether oxygens (including phenoxy) is 2. The molecular formula is C23H27FN4O5. The second kappa shape index (κ2) is 9.72. The summed E-state index contributed by atoms with van der Waals surface area (Å²) in [7, 11) is 0.